The number of nitrogens with two attached hydrogens (primary N) is 1. The van der Waals surface area contributed by atoms with Crippen molar-refractivity contribution in [2.75, 3.05) is 10.6 Å². The summed E-state index contributed by atoms with van der Waals surface area (Å²) in [5.74, 6) is -0.431. The molecule has 26 heavy (non-hydrogen) atoms. The summed E-state index contributed by atoms with van der Waals surface area (Å²) < 4.78 is 0. The van der Waals surface area contributed by atoms with E-state index in [1.807, 2.05) is 18.2 Å². The number of rotatable bonds is 6. The molecule has 0 bridgehead atoms. The van der Waals surface area contributed by atoms with E-state index in [2.05, 4.69) is 16.0 Å². The molecule has 138 valence electrons. The standard InChI is InChI=1S/C19H23ClN4O2/c1-12(13(2)21)18(25)23-15-7-5-6-14(10-15)11-22-19(26)24-17-9-4-3-8-16(17)20/h3-10,12-13H,11,21H2,1-2H3,(H,23,25)(H2,22,24,26). The summed E-state index contributed by atoms with van der Waals surface area (Å²) in [4.78, 5) is 24.1. The molecular formula is C19H23ClN4O2. The smallest absolute Gasteiger partial charge is 0.319 e. The largest absolute Gasteiger partial charge is 0.334 e. The van der Waals surface area contributed by atoms with Gasteiger partial charge in [0.05, 0.1) is 16.6 Å². The van der Waals surface area contributed by atoms with E-state index >= 15 is 0 Å². The van der Waals surface area contributed by atoms with Crippen molar-refractivity contribution in [3.05, 3.63) is 59.1 Å². The van der Waals surface area contributed by atoms with E-state index < -0.39 is 0 Å². The minimum Gasteiger partial charge on any atom is -0.334 e. The zero-order valence-corrected chi connectivity index (χ0v) is 15.5. The number of hydrogen-bond acceptors (Lipinski definition) is 3. The molecule has 3 amide bonds. The van der Waals surface area contributed by atoms with Gasteiger partial charge in [0.25, 0.3) is 0 Å². The number of carbonyl (C=O) groups is 2. The number of para-hydroxylation sites is 1. The molecule has 0 radical (unpaired) electrons. The molecule has 0 saturated carbocycles. The van der Waals surface area contributed by atoms with Gasteiger partial charge in [-0.05, 0) is 36.8 Å². The molecule has 2 rings (SSSR count). The summed E-state index contributed by atoms with van der Waals surface area (Å²) in [6.45, 7) is 3.88. The number of nitrogens with one attached hydrogen (secondary N) is 3. The average Bonchev–Trinajstić information content (AvgIpc) is 2.61. The lowest BCUT2D eigenvalue weighted by molar-refractivity contribution is -0.119. The van der Waals surface area contributed by atoms with Gasteiger partial charge >= 0.3 is 6.03 Å². The number of halogens is 1. The molecule has 2 aromatic rings. The highest BCUT2D eigenvalue weighted by Gasteiger charge is 2.17. The van der Waals surface area contributed by atoms with Crippen molar-refractivity contribution in [1.82, 2.24) is 5.32 Å². The van der Waals surface area contributed by atoms with Gasteiger partial charge < -0.3 is 21.7 Å². The van der Waals surface area contributed by atoms with Crippen molar-refractivity contribution < 1.29 is 9.59 Å². The third-order valence-electron chi connectivity index (χ3n) is 3.97. The number of urea groups is 1. The van der Waals surface area contributed by atoms with Crippen LogP contribution in [0.5, 0.6) is 0 Å². The van der Waals surface area contributed by atoms with Crippen molar-refractivity contribution >= 4 is 34.9 Å². The van der Waals surface area contributed by atoms with Crippen LogP contribution < -0.4 is 21.7 Å². The van der Waals surface area contributed by atoms with Crippen LogP contribution in [0.3, 0.4) is 0 Å². The Morgan fingerprint density at radius 3 is 2.50 bits per heavy atom. The first-order chi connectivity index (χ1) is 12.4. The zero-order valence-electron chi connectivity index (χ0n) is 14.8. The average molecular weight is 375 g/mol. The Balaban J connectivity index is 1.91. The Labute approximate surface area is 158 Å². The minimum atomic E-state index is -0.363. The van der Waals surface area contributed by atoms with Gasteiger partial charge in [-0.2, -0.15) is 0 Å². The fourth-order valence-corrected chi connectivity index (χ4v) is 2.35. The lowest BCUT2D eigenvalue weighted by atomic mass is 10.0. The van der Waals surface area contributed by atoms with Crippen LogP contribution in [0.2, 0.25) is 5.02 Å². The van der Waals surface area contributed by atoms with Gasteiger partial charge in [-0.3, -0.25) is 4.79 Å². The van der Waals surface area contributed by atoms with E-state index in [0.29, 0.717) is 22.9 Å². The zero-order chi connectivity index (χ0) is 19.1. The summed E-state index contributed by atoms with van der Waals surface area (Å²) in [7, 11) is 0. The van der Waals surface area contributed by atoms with Crippen molar-refractivity contribution in [3.63, 3.8) is 0 Å². The maximum absolute atomic E-state index is 12.1. The molecule has 2 aromatic carbocycles. The van der Waals surface area contributed by atoms with Crippen LogP contribution in [0.25, 0.3) is 0 Å². The molecule has 0 heterocycles. The molecule has 2 atom stereocenters. The molecule has 0 aromatic heterocycles. The van der Waals surface area contributed by atoms with Crippen LogP contribution in [-0.2, 0) is 11.3 Å². The molecule has 7 heteroatoms. The Morgan fingerprint density at radius 1 is 1.08 bits per heavy atom. The maximum atomic E-state index is 12.1. The maximum Gasteiger partial charge on any atom is 0.319 e. The van der Waals surface area contributed by atoms with Gasteiger partial charge in [-0.1, -0.05) is 42.8 Å². The van der Waals surface area contributed by atoms with Gasteiger partial charge in [-0.25, -0.2) is 4.79 Å². The first-order valence-electron chi connectivity index (χ1n) is 8.31. The number of anilines is 2. The lowest BCUT2D eigenvalue weighted by Gasteiger charge is -2.16. The SMILES string of the molecule is CC(N)C(C)C(=O)Nc1cccc(CNC(=O)Nc2ccccc2Cl)c1. The fraction of sp³-hybridized carbons (Fsp3) is 0.263. The second kappa shape index (κ2) is 9.22. The van der Waals surface area contributed by atoms with Gasteiger partial charge in [-0.15, -0.1) is 0 Å². The molecule has 0 aliphatic heterocycles. The third-order valence-corrected chi connectivity index (χ3v) is 4.30. The number of hydrogen-bond donors (Lipinski definition) is 4. The van der Waals surface area contributed by atoms with Crippen LogP contribution in [0, 0.1) is 5.92 Å². The molecule has 0 saturated heterocycles. The second-order valence-corrected chi connectivity index (χ2v) is 6.53. The van der Waals surface area contributed by atoms with Crippen LogP contribution in [-0.4, -0.2) is 18.0 Å². The third kappa shape index (κ3) is 5.75. The van der Waals surface area contributed by atoms with Gasteiger partial charge in [0.15, 0.2) is 0 Å². The summed E-state index contributed by atoms with van der Waals surface area (Å²) in [5, 5.41) is 8.75. The van der Waals surface area contributed by atoms with Gasteiger partial charge in [0.2, 0.25) is 5.91 Å². The fourth-order valence-electron chi connectivity index (χ4n) is 2.17. The minimum absolute atomic E-state index is 0.137. The molecule has 0 spiro atoms. The molecule has 0 aliphatic carbocycles. The second-order valence-electron chi connectivity index (χ2n) is 6.12. The van der Waals surface area contributed by atoms with Crippen LogP contribution in [0.15, 0.2) is 48.5 Å². The highest BCUT2D eigenvalue weighted by atomic mass is 35.5. The van der Waals surface area contributed by atoms with E-state index in [0.717, 1.165) is 5.56 Å². The highest BCUT2D eigenvalue weighted by molar-refractivity contribution is 6.33. The summed E-state index contributed by atoms with van der Waals surface area (Å²) >= 11 is 6.01. The van der Waals surface area contributed by atoms with Crippen molar-refractivity contribution in [2.24, 2.45) is 11.7 Å². The Morgan fingerprint density at radius 2 is 1.81 bits per heavy atom. The number of carbonyl (C=O) groups excluding carboxylic acids is 2. The molecule has 0 aliphatic rings. The Hall–Kier alpha value is -2.57. The normalized spacial score (nSPS) is 12.8. The van der Waals surface area contributed by atoms with Crippen LogP contribution in [0.1, 0.15) is 19.4 Å². The summed E-state index contributed by atoms with van der Waals surface area (Å²) in [5.41, 5.74) is 7.80. The van der Waals surface area contributed by atoms with E-state index in [9.17, 15) is 9.59 Å². The molecule has 0 fully saturated rings. The van der Waals surface area contributed by atoms with Crippen molar-refractivity contribution in [3.8, 4) is 0 Å². The van der Waals surface area contributed by atoms with E-state index in [4.69, 9.17) is 17.3 Å². The monoisotopic (exact) mass is 374 g/mol. The molecular weight excluding hydrogens is 352 g/mol. The van der Waals surface area contributed by atoms with Crippen LogP contribution >= 0.6 is 11.6 Å². The summed E-state index contributed by atoms with van der Waals surface area (Å²) in [6, 6.07) is 13.7. The van der Waals surface area contributed by atoms with E-state index in [1.165, 1.54) is 0 Å². The van der Waals surface area contributed by atoms with Crippen LogP contribution in [0.4, 0.5) is 16.2 Å². The van der Waals surface area contributed by atoms with Gasteiger partial charge in [0.1, 0.15) is 0 Å². The topological polar surface area (TPSA) is 96.2 Å². The highest BCUT2D eigenvalue weighted by Crippen LogP contribution is 2.20. The predicted octanol–water partition coefficient (Wildman–Crippen LogP) is 3.58. The molecule has 5 N–H and O–H groups in total. The lowest BCUT2D eigenvalue weighted by Crippen LogP contribution is -2.34. The van der Waals surface area contributed by atoms with Gasteiger partial charge in [0, 0.05) is 18.3 Å². The molecule has 2 unspecified atom stereocenters. The number of benzene rings is 2. The summed E-state index contributed by atoms with van der Waals surface area (Å²) in [6.07, 6.45) is 0. The first-order valence-corrected chi connectivity index (χ1v) is 8.69. The first kappa shape index (κ1) is 19.8. The Bertz CT molecular complexity index is 780. The van der Waals surface area contributed by atoms with E-state index in [1.54, 1.807) is 44.2 Å². The Kier molecular flexibility index (Phi) is 7.00. The molecule has 6 nitrogen and oxygen atoms in total. The quantitative estimate of drug-likeness (QED) is 0.622. The van der Waals surface area contributed by atoms with E-state index in [-0.39, 0.29) is 23.9 Å². The van der Waals surface area contributed by atoms with Crippen molar-refractivity contribution in [1.29, 1.82) is 0 Å². The van der Waals surface area contributed by atoms with Crippen molar-refractivity contribution in [2.45, 2.75) is 26.4 Å². The predicted molar refractivity (Wildman–Crippen MR) is 105 cm³/mol. The number of amides is 3.